The summed E-state index contributed by atoms with van der Waals surface area (Å²) in [4.78, 5) is 23.9. The van der Waals surface area contributed by atoms with Crippen molar-refractivity contribution >= 4 is 35.7 Å². The molecule has 0 spiro atoms. The summed E-state index contributed by atoms with van der Waals surface area (Å²) in [5.74, 6) is -0.230. The van der Waals surface area contributed by atoms with Crippen molar-refractivity contribution in [1.82, 2.24) is 5.32 Å². The van der Waals surface area contributed by atoms with Gasteiger partial charge < -0.3 is 5.73 Å². The highest BCUT2D eigenvalue weighted by molar-refractivity contribution is 6.05. The van der Waals surface area contributed by atoms with E-state index in [1.165, 1.54) is 4.90 Å². The van der Waals surface area contributed by atoms with E-state index in [1.54, 1.807) is 24.3 Å². The van der Waals surface area contributed by atoms with Crippen LogP contribution in [-0.2, 0) is 4.79 Å². The van der Waals surface area contributed by atoms with Gasteiger partial charge in [-0.25, -0.2) is 4.79 Å². The number of hydrogen-bond donors (Lipinski definition) is 2. The minimum absolute atomic E-state index is 0. The summed E-state index contributed by atoms with van der Waals surface area (Å²) in [6, 6.07) is 6.57. The zero-order valence-electron chi connectivity index (χ0n) is 8.47. The number of nitrogen functional groups attached to an aromatic ring is 1. The lowest BCUT2D eigenvalue weighted by molar-refractivity contribution is -0.120. The summed E-state index contributed by atoms with van der Waals surface area (Å²) < 4.78 is 0. The molecule has 6 heteroatoms. The summed E-state index contributed by atoms with van der Waals surface area (Å²) in [7, 11) is 0. The Morgan fingerprint density at radius 3 is 2.38 bits per heavy atom. The number of nitrogens with one attached hydrogen (secondary N) is 1. The molecule has 3 amide bonds. The first-order valence-corrected chi connectivity index (χ1v) is 4.64. The van der Waals surface area contributed by atoms with E-state index < -0.39 is 0 Å². The Bertz CT molecular complexity index is 405. The Morgan fingerprint density at radius 1 is 1.19 bits per heavy atom. The molecule has 0 saturated carbocycles. The van der Waals surface area contributed by atoms with Gasteiger partial charge in [-0.2, -0.15) is 0 Å². The number of rotatable bonds is 1. The molecule has 5 nitrogen and oxygen atoms in total. The number of benzene rings is 1. The molecule has 16 heavy (non-hydrogen) atoms. The monoisotopic (exact) mass is 241 g/mol. The molecule has 0 radical (unpaired) electrons. The van der Waals surface area contributed by atoms with Crippen LogP contribution in [0, 0.1) is 0 Å². The maximum absolute atomic E-state index is 11.5. The van der Waals surface area contributed by atoms with Gasteiger partial charge in [0.25, 0.3) is 0 Å². The highest BCUT2D eigenvalue weighted by Crippen LogP contribution is 2.18. The maximum atomic E-state index is 11.5. The summed E-state index contributed by atoms with van der Waals surface area (Å²) in [6.45, 7) is 0.411. The largest absolute Gasteiger partial charge is 0.399 e. The van der Waals surface area contributed by atoms with Gasteiger partial charge in [0.2, 0.25) is 5.91 Å². The molecule has 1 aliphatic rings. The van der Waals surface area contributed by atoms with E-state index in [1.807, 2.05) is 0 Å². The van der Waals surface area contributed by atoms with Gasteiger partial charge in [0.1, 0.15) is 0 Å². The van der Waals surface area contributed by atoms with Gasteiger partial charge in [-0.15, -0.1) is 12.4 Å². The third-order valence-corrected chi connectivity index (χ3v) is 2.26. The zero-order chi connectivity index (χ0) is 10.8. The van der Waals surface area contributed by atoms with Gasteiger partial charge in [0.05, 0.1) is 0 Å². The number of amides is 3. The van der Waals surface area contributed by atoms with Crippen LogP contribution in [0.4, 0.5) is 16.2 Å². The van der Waals surface area contributed by atoms with Crippen LogP contribution in [0.3, 0.4) is 0 Å². The molecule has 0 unspecified atom stereocenters. The van der Waals surface area contributed by atoms with Crippen LogP contribution in [0.1, 0.15) is 6.42 Å². The molecule has 0 aromatic heterocycles. The molecule has 2 rings (SSSR count). The Balaban J connectivity index is 0.00000128. The second-order valence-electron chi connectivity index (χ2n) is 3.35. The Kier molecular flexibility index (Phi) is 3.73. The second-order valence-corrected chi connectivity index (χ2v) is 3.35. The van der Waals surface area contributed by atoms with Gasteiger partial charge in [-0.1, -0.05) is 0 Å². The molecular weight excluding hydrogens is 230 g/mol. The first-order chi connectivity index (χ1) is 7.16. The summed E-state index contributed by atoms with van der Waals surface area (Å²) in [5, 5.41) is 2.26. The average molecular weight is 242 g/mol. The number of imide groups is 1. The van der Waals surface area contributed by atoms with Gasteiger partial charge >= 0.3 is 6.03 Å². The molecule has 0 bridgehead atoms. The Hall–Kier alpha value is -1.75. The van der Waals surface area contributed by atoms with E-state index in [0.717, 1.165) is 5.69 Å². The highest BCUT2D eigenvalue weighted by Gasteiger charge is 2.23. The predicted molar refractivity (Wildman–Crippen MR) is 63.6 cm³/mol. The fraction of sp³-hybridized carbons (Fsp3) is 0.200. The molecule has 0 atom stereocenters. The van der Waals surface area contributed by atoms with Crippen molar-refractivity contribution in [3.63, 3.8) is 0 Å². The fourth-order valence-electron chi connectivity index (χ4n) is 1.46. The maximum Gasteiger partial charge on any atom is 0.328 e. The predicted octanol–water partition coefficient (Wildman–Crippen LogP) is 1.14. The first-order valence-electron chi connectivity index (χ1n) is 4.64. The van der Waals surface area contributed by atoms with E-state index in [-0.39, 0.29) is 24.3 Å². The molecule has 86 valence electrons. The smallest absolute Gasteiger partial charge is 0.328 e. The van der Waals surface area contributed by atoms with Gasteiger partial charge in [0, 0.05) is 24.3 Å². The number of carbonyl (C=O) groups is 2. The van der Waals surface area contributed by atoms with Crippen LogP contribution in [0.5, 0.6) is 0 Å². The third-order valence-electron chi connectivity index (χ3n) is 2.26. The second kappa shape index (κ2) is 4.85. The summed E-state index contributed by atoms with van der Waals surface area (Å²) >= 11 is 0. The van der Waals surface area contributed by atoms with Crippen molar-refractivity contribution in [2.75, 3.05) is 17.2 Å². The number of urea groups is 1. The number of carbonyl (C=O) groups excluding carboxylic acids is 2. The fourth-order valence-corrected chi connectivity index (χ4v) is 1.46. The molecule has 1 aromatic rings. The highest BCUT2D eigenvalue weighted by atomic mass is 35.5. The number of nitrogens with two attached hydrogens (primary N) is 1. The molecule has 1 aromatic carbocycles. The van der Waals surface area contributed by atoms with Crippen molar-refractivity contribution in [1.29, 1.82) is 0 Å². The SMILES string of the molecule is Cl.Nc1ccc(N2CCC(=O)NC2=O)cc1. The van der Waals surface area contributed by atoms with Crippen molar-refractivity contribution in [3.05, 3.63) is 24.3 Å². The van der Waals surface area contributed by atoms with Gasteiger partial charge in [-0.3, -0.25) is 15.0 Å². The number of nitrogens with zero attached hydrogens (tertiary/aromatic N) is 1. The summed E-state index contributed by atoms with van der Waals surface area (Å²) in [5.41, 5.74) is 6.93. The molecule has 1 aliphatic heterocycles. The van der Waals surface area contributed by atoms with Crippen LogP contribution in [0.2, 0.25) is 0 Å². The minimum Gasteiger partial charge on any atom is -0.399 e. The molecular formula is C10H12ClN3O2. The van der Waals surface area contributed by atoms with Crippen molar-refractivity contribution < 1.29 is 9.59 Å². The number of anilines is 2. The Labute approximate surface area is 99.0 Å². The van der Waals surface area contributed by atoms with E-state index in [9.17, 15) is 9.59 Å². The number of hydrogen-bond acceptors (Lipinski definition) is 3. The van der Waals surface area contributed by atoms with Gasteiger partial charge in [-0.05, 0) is 24.3 Å². The van der Waals surface area contributed by atoms with Crippen LogP contribution < -0.4 is 16.0 Å². The topological polar surface area (TPSA) is 75.4 Å². The van der Waals surface area contributed by atoms with E-state index in [2.05, 4.69) is 5.32 Å². The van der Waals surface area contributed by atoms with Crippen LogP contribution in [-0.4, -0.2) is 18.5 Å². The zero-order valence-corrected chi connectivity index (χ0v) is 9.29. The van der Waals surface area contributed by atoms with Crippen molar-refractivity contribution in [3.8, 4) is 0 Å². The normalized spacial score (nSPS) is 15.4. The lowest BCUT2D eigenvalue weighted by atomic mass is 10.2. The number of halogens is 1. The standard InChI is InChI=1S/C10H11N3O2.ClH/c11-7-1-3-8(4-2-7)13-6-5-9(14)12-10(13)15;/h1-4H,5-6,11H2,(H,12,14,15);1H. The summed E-state index contributed by atoms with van der Waals surface area (Å²) in [6.07, 6.45) is 0.329. The molecule has 1 fully saturated rings. The first kappa shape index (κ1) is 12.3. The Morgan fingerprint density at radius 2 is 1.81 bits per heavy atom. The van der Waals surface area contributed by atoms with Crippen LogP contribution >= 0.6 is 12.4 Å². The lowest BCUT2D eigenvalue weighted by Gasteiger charge is -2.26. The quantitative estimate of drug-likeness (QED) is 0.724. The molecule has 1 heterocycles. The van der Waals surface area contributed by atoms with E-state index in [4.69, 9.17) is 5.73 Å². The lowest BCUT2D eigenvalue weighted by Crippen LogP contribution is -2.49. The van der Waals surface area contributed by atoms with E-state index in [0.29, 0.717) is 18.7 Å². The van der Waals surface area contributed by atoms with Crippen LogP contribution in [0.25, 0.3) is 0 Å². The van der Waals surface area contributed by atoms with E-state index >= 15 is 0 Å². The third kappa shape index (κ3) is 2.43. The average Bonchev–Trinajstić information content (AvgIpc) is 2.20. The van der Waals surface area contributed by atoms with Crippen LogP contribution in [0.15, 0.2) is 24.3 Å². The van der Waals surface area contributed by atoms with Crippen molar-refractivity contribution in [2.24, 2.45) is 0 Å². The molecule has 0 aliphatic carbocycles. The minimum atomic E-state index is -0.379. The molecule has 3 N–H and O–H groups in total. The molecule has 1 saturated heterocycles. The van der Waals surface area contributed by atoms with Gasteiger partial charge in [0.15, 0.2) is 0 Å². The van der Waals surface area contributed by atoms with Crippen molar-refractivity contribution in [2.45, 2.75) is 6.42 Å².